The molecular weight excluding hydrogens is 324 g/mol. The van der Waals surface area contributed by atoms with E-state index in [-0.39, 0.29) is 0 Å². The lowest BCUT2D eigenvalue weighted by Crippen LogP contribution is -2.41. The zero-order valence-electron chi connectivity index (χ0n) is 13.8. The van der Waals surface area contributed by atoms with E-state index < -0.39 is 18.1 Å². The summed E-state index contributed by atoms with van der Waals surface area (Å²) < 4.78 is 0.926. The largest absolute Gasteiger partial charge is 0.383 e. The lowest BCUT2D eigenvalue weighted by Gasteiger charge is -2.29. The van der Waals surface area contributed by atoms with Gasteiger partial charge in [-0.25, -0.2) is 4.98 Å². The maximum Gasteiger partial charge on any atom is 0.252 e. The van der Waals surface area contributed by atoms with Gasteiger partial charge in [0.2, 0.25) is 0 Å². The maximum absolute atomic E-state index is 12.2. The zero-order valence-corrected chi connectivity index (χ0v) is 14.6. The molecule has 4 unspecified atom stereocenters. The van der Waals surface area contributed by atoms with Crippen LogP contribution in [0.1, 0.15) is 43.7 Å². The van der Waals surface area contributed by atoms with E-state index >= 15 is 0 Å². The molecule has 1 aromatic heterocycles. The molecule has 0 radical (unpaired) electrons. The van der Waals surface area contributed by atoms with Crippen LogP contribution in [0.3, 0.4) is 0 Å². The van der Waals surface area contributed by atoms with Crippen LogP contribution in [0.25, 0.3) is 10.2 Å². The van der Waals surface area contributed by atoms with Crippen LogP contribution in [0, 0.1) is 11.8 Å². The fourth-order valence-electron chi connectivity index (χ4n) is 3.33. The minimum atomic E-state index is -1.50. The van der Waals surface area contributed by atoms with E-state index in [0.29, 0.717) is 23.4 Å². The first-order valence-corrected chi connectivity index (χ1v) is 9.37. The Morgan fingerprint density at radius 1 is 1.33 bits per heavy atom. The third kappa shape index (κ3) is 3.77. The molecule has 1 saturated carbocycles. The van der Waals surface area contributed by atoms with E-state index in [1.807, 2.05) is 24.3 Å². The van der Waals surface area contributed by atoms with Crippen LogP contribution in [0.5, 0.6) is 0 Å². The molecular formula is C18H24N2O3S. The predicted octanol–water partition coefficient (Wildman–Crippen LogP) is 2.63. The number of aliphatic hydroxyl groups excluding tert-OH is 2. The minimum Gasteiger partial charge on any atom is -0.383 e. The highest BCUT2D eigenvalue weighted by atomic mass is 32.1. The molecule has 1 fully saturated rings. The Balaban J connectivity index is 1.59. The summed E-state index contributed by atoms with van der Waals surface area (Å²) in [5.74, 6) is 0.513. The van der Waals surface area contributed by atoms with Crippen molar-refractivity contribution in [2.24, 2.45) is 11.8 Å². The highest BCUT2D eigenvalue weighted by molar-refractivity contribution is 7.18. The highest BCUT2D eigenvalue weighted by Crippen LogP contribution is 2.30. The Morgan fingerprint density at radius 3 is 2.83 bits per heavy atom. The van der Waals surface area contributed by atoms with Crippen molar-refractivity contribution in [2.75, 3.05) is 6.54 Å². The number of hydrogen-bond donors (Lipinski definition) is 3. The number of hydrogen-bond acceptors (Lipinski definition) is 5. The number of nitrogens with zero attached hydrogens (tertiary/aromatic N) is 1. The number of amides is 1. The lowest BCUT2D eigenvalue weighted by molar-refractivity contribution is -0.135. The van der Waals surface area contributed by atoms with Gasteiger partial charge in [0.05, 0.1) is 10.2 Å². The standard InChI is InChI=1S/C18H24N2O3S/c1-11-6-2-3-7-12(11)10-19-17(23)15(21)16(22)18-20-13-8-4-5-9-14(13)24-18/h4-5,8-9,11-12,15-16,21-22H,2-3,6-7,10H2,1H3,(H,19,23). The first-order valence-electron chi connectivity index (χ1n) is 8.55. The average molecular weight is 348 g/mol. The number of nitrogens with one attached hydrogen (secondary N) is 1. The normalized spacial score (nSPS) is 23.8. The van der Waals surface area contributed by atoms with Crippen molar-refractivity contribution in [3.63, 3.8) is 0 Å². The topological polar surface area (TPSA) is 82.5 Å². The van der Waals surface area contributed by atoms with E-state index in [9.17, 15) is 15.0 Å². The van der Waals surface area contributed by atoms with Gasteiger partial charge in [-0.3, -0.25) is 4.79 Å². The van der Waals surface area contributed by atoms with Crippen LogP contribution in [0.15, 0.2) is 24.3 Å². The molecule has 130 valence electrons. The van der Waals surface area contributed by atoms with Crippen molar-refractivity contribution in [1.29, 1.82) is 0 Å². The van der Waals surface area contributed by atoms with E-state index in [4.69, 9.17) is 0 Å². The van der Waals surface area contributed by atoms with Gasteiger partial charge in [0.1, 0.15) is 11.1 Å². The fourth-order valence-corrected chi connectivity index (χ4v) is 4.31. The van der Waals surface area contributed by atoms with Crippen LogP contribution in [0.2, 0.25) is 0 Å². The van der Waals surface area contributed by atoms with Crippen molar-refractivity contribution >= 4 is 27.5 Å². The molecule has 1 aliphatic rings. The smallest absolute Gasteiger partial charge is 0.252 e. The molecule has 24 heavy (non-hydrogen) atoms. The van der Waals surface area contributed by atoms with Gasteiger partial charge in [-0.05, 0) is 30.4 Å². The molecule has 2 aromatic rings. The summed E-state index contributed by atoms with van der Waals surface area (Å²) in [6, 6.07) is 7.51. The molecule has 0 bridgehead atoms. The van der Waals surface area contributed by atoms with Gasteiger partial charge in [0.25, 0.3) is 5.91 Å². The van der Waals surface area contributed by atoms with Crippen molar-refractivity contribution in [1.82, 2.24) is 10.3 Å². The Morgan fingerprint density at radius 2 is 2.08 bits per heavy atom. The Kier molecular flexibility index (Phi) is 5.48. The Labute approximate surface area is 145 Å². The maximum atomic E-state index is 12.2. The van der Waals surface area contributed by atoms with Crippen LogP contribution in [0.4, 0.5) is 0 Å². The van der Waals surface area contributed by atoms with Gasteiger partial charge in [-0.2, -0.15) is 0 Å². The molecule has 0 saturated heterocycles. The first-order chi connectivity index (χ1) is 11.6. The summed E-state index contributed by atoms with van der Waals surface area (Å²) in [7, 11) is 0. The van der Waals surface area contributed by atoms with Gasteiger partial charge in [-0.15, -0.1) is 11.3 Å². The molecule has 3 rings (SSSR count). The molecule has 0 aliphatic heterocycles. The van der Waals surface area contributed by atoms with Crippen molar-refractivity contribution in [3.8, 4) is 0 Å². The number of aliphatic hydroxyl groups is 2. The highest BCUT2D eigenvalue weighted by Gasteiger charge is 2.29. The number of rotatable bonds is 5. The number of carbonyl (C=O) groups excluding carboxylic acids is 1. The van der Waals surface area contributed by atoms with Gasteiger partial charge in [-0.1, -0.05) is 38.3 Å². The Bertz CT molecular complexity index is 669. The van der Waals surface area contributed by atoms with Crippen LogP contribution in [-0.2, 0) is 4.79 Å². The fraction of sp³-hybridized carbons (Fsp3) is 0.556. The van der Waals surface area contributed by atoms with Crippen LogP contribution >= 0.6 is 11.3 Å². The second-order valence-electron chi connectivity index (χ2n) is 6.68. The molecule has 4 atom stereocenters. The summed E-state index contributed by atoms with van der Waals surface area (Å²) in [5.41, 5.74) is 0.764. The number of benzene rings is 1. The van der Waals surface area contributed by atoms with Gasteiger partial charge >= 0.3 is 0 Å². The van der Waals surface area contributed by atoms with Gasteiger partial charge in [0, 0.05) is 6.54 Å². The van der Waals surface area contributed by atoms with Crippen LogP contribution < -0.4 is 5.32 Å². The van der Waals surface area contributed by atoms with Gasteiger partial charge in [0.15, 0.2) is 6.10 Å². The number of carbonyl (C=O) groups is 1. The third-order valence-corrected chi connectivity index (χ3v) is 6.07. The van der Waals surface area contributed by atoms with E-state index in [1.165, 1.54) is 30.6 Å². The predicted molar refractivity (Wildman–Crippen MR) is 94.7 cm³/mol. The summed E-state index contributed by atoms with van der Waals surface area (Å²) in [6.45, 7) is 2.77. The molecule has 6 heteroatoms. The summed E-state index contributed by atoms with van der Waals surface area (Å²) in [4.78, 5) is 16.5. The zero-order chi connectivity index (χ0) is 17.1. The Hall–Kier alpha value is -1.50. The van der Waals surface area contributed by atoms with Crippen molar-refractivity contribution in [2.45, 2.75) is 44.8 Å². The quantitative estimate of drug-likeness (QED) is 0.776. The average Bonchev–Trinajstić information content (AvgIpc) is 3.03. The molecule has 1 aliphatic carbocycles. The molecule has 1 aromatic carbocycles. The number of para-hydroxylation sites is 1. The summed E-state index contributed by atoms with van der Waals surface area (Å²) in [5, 5.41) is 23.6. The molecule has 3 N–H and O–H groups in total. The van der Waals surface area contributed by atoms with E-state index in [2.05, 4.69) is 17.2 Å². The number of thiazole rings is 1. The third-order valence-electron chi connectivity index (χ3n) is 4.96. The second kappa shape index (κ2) is 7.59. The van der Waals surface area contributed by atoms with Gasteiger partial charge < -0.3 is 15.5 Å². The monoisotopic (exact) mass is 348 g/mol. The molecule has 1 amide bonds. The SMILES string of the molecule is CC1CCCCC1CNC(=O)C(O)C(O)c1nc2ccccc2s1. The number of fused-ring (bicyclic) bond motifs is 1. The first kappa shape index (κ1) is 17.3. The van der Waals surface area contributed by atoms with Crippen molar-refractivity contribution in [3.05, 3.63) is 29.3 Å². The molecule has 0 spiro atoms. The summed E-state index contributed by atoms with van der Waals surface area (Å²) in [6.07, 6.45) is 1.96. The minimum absolute atomic E-state index is 0.366. The second-order valence-corrected chi connectivity index (χ2v) is 7.74. The van der Waals surface area contributed by atoms with Crippen molar-refractivity contribution < 1.29 is 15.0 Å². The number of aromatic nitrogens is 1. The van der Waals surface area contributed by atoms with E-state index in [1.54, 1.807) is 0 Å². The molecule has 5 nitrogen and oxygen atoms in total. The van der Waals surface area contributed by atoms with E-state index in [0.717, 1.165) is 16.6 Å². The summed E-state index contributed by atoms with van der Waals surface area (Å²) >= 11 is 1.30. The lowest BCUT2D eigenvalue weighted by atomic mass is 9.80. The van der Waals surface area contributed by atoms with Crippen LogP contribution in [-0.4, -0.2) is 33.8 Å². The molecule has 1 heterocycles.